The molecule has 0 radical (unpaired) electrons. The molecule has 3 aromatic carbocycles. The Kier molecular flexibility index (Phi) is 2.89. The van der Waals surface area contributed by atoms with E-state index in [1.54, 1.807) is 6.07 Å². The molecule has 0 aliphatic heterocycles. The first-order valence-corrected chi connectivity index (χ1v) is 7.03. The zero-order chi connectivity index (χ0) is 15.1. The summed E-state index contributed by atoms with van der Waals surface area (Å²) in [7, 11) is 0.557. The summed E-state index contributed by atoms with van der Waals surface area (Å²) in [6.45, 7) is 0. The van der Waals surface area contributed by atoms with Gasteiger partial charge in [0.25, 0.3) is 0 Å². The van der Waals surface area contributed by atoms with Gasteiger partial charge < -0.3 is 0 Å². The van der Waals surface area contributed by atoms with Crippen LogP contribution < -0.4 is 5.46 Å². The number of hydrogen-bond acceptors (Lipinski definition) is 1. The number of nitrogens with zero attached hydrogens (tertiary/aromatic N) is 1. The molecule has 0 saturated heterocycles. The van der Waals surface area contributed by atoms with Crippen molar-refractivity contribution in [3.63, 3.8) is 0 Å². The summed E-state index contributed by atoms with van der Waals surface area (Å²) in [6.07, 6.45) is 0. The predicted octanol–water partition coefficient (Wildman–Crippen LogP) is 3.60. The summed E-state index contributed by atoms with van der Waals surface area (Å²) in [5.74, 6) is -0.488. The monoisotopic (exact) mass is 287 g/mol. The molecule has 0 amide bonds. The van der Waals surface area contributed by atoms with Crippen LogP contribution in [0.2, 0.25) is 0 Å². The first kappa shape index (κ1) is 13.0. The molecule has 0 N–H and O–H groups in total. The third kappa shape index (κ3) is 1.81. The van der Waals surface area contributed by atoms with E-state index in [0.29, 0.717) is 7.15 Å². The van der Waals surface area contributed by atoms with Crippen LogP contribution in [0.4, 0.5) is 4.39 Å². The van der Waals surface area contributed by atoms with Crippen molar-refractivity contribution in [1.82, 2.24) is 4.57 Å². The van der Waals surface area contributed by atoms with Gasteiger partial charge in [-0.2, -0.15) is 0 Å². The molecule has 0 aliphatic carbocycles. The van der Waals surface area contributed by atoms with Gasteiger partial charge >= 0.3 is 126 Å². The zero-order valence-electron chi connectivity index (χ0n) is 11.7. The van der Waals surface area contributed by atoms with E-state index in [4.69, 9.17) is 0 Å². The van der Waals surface area contributed by atoms with E-state index in [-0.39, 0.29) is 5.46 Å². The first-order chi connectivity index (χ1) is 10.8. The van der Waals surface area contributed by atoms with Gasteiger partial charge in [-0.05, 0) is 0 Å². The molecule has 104 valence electrons. The molecule has 4 rings (SSSR count). The predicted molar refractivity (Wildman–Crippen MR) is 86.8 cm³/mol. The molecular weight excluding hydrogens is 276 g/mol. The van der Waals surface area contributed by atoms with E-state index in [9.17, 15) is 9.10 Å². The summed E-state index contributed by atoms with van der Waals surface area (Å²) in [5, 5.41) is 1.78. The fourth-order valence-corrected chi connectivity index (χ4v) is 2.95. The van der Waals surface area contributed by atoms with Gasteiger partial charge in [-0.1, -0.05) is 0 Å². The molecule has 2 nitrogen and oxygen atoms in total. The van der Waals surface area contributed by atoms with E-state index in [1.165, 1.54) is 6.07 Å². The minimum absolute atomic E-state index is 0.0764. The Morgan fingerprint density at radius 1 is 0.818 bits per heavy atom. The van der Waals surface area contributed by atoms with Gasteiger partial charge in [0, 0.05) is 0 Å². The third-order valence-electron chi connectivity index (χ3n) is 3.93. The van der Waals surface area contributed by atoms with Gasteiger partial charge in [0.15, 0.2) is 0 Å². The Bertz CT molecular complexity index is 1010. The molecule has 22 heavy (non-hydrogen) atoms. The van der Waals surface area contributed by atoms with Crippen LogP contribution in [0, 0.1) is 5.82 Å². The average Bonchev–Trinajstić information content (AvgIpc) is 2.88. The van der Waals surface area contributed by atoms with Gasteiger partial charge in [-0.25, -0.2) is 0 Å². The molecule has 4 heteroatoms. The number of hydrogen-bond donors (Lipinski definition) is 0. The average molecular weight is 287 g/mol. The molecule has 0 fully saturated rings. The molecule has 0 bridgehead atoms. The van der Waals surface area contributed by atoms with Gasteiger partial charge in [0.1, 0.15) is 0 Å². The van der Waals surface area contributed by atoms with E-state index in [2.05, 4.69) is 4.57 Å². The summed E-state index contributed by atoms with van der Waals surface area (Å²) in [4.78, 5) is 0. The van der Waals surface area contributed by atoms with Crippen LogP contribution in [0.15, 0.2) is 66.7 Å². The summed E-state index contributed by atoms with van der Waals surface area (Å²) in [5.41, 5.74) is 2.88. The number of halogens is 1. The van der Waals surface area contributed by atoms with E-state index < -0.39 is 5.82 Å². The van der Waals surface area contributed by atoms with Crippen molar-refractivity contribution < 1.29 is 9.10 Å². The van der Waals surface area contributed by atoms with Crippen LogP contribution in [0.3, 0.4) is 0 Å². The Morgan fingerprint density at radius 3 is 2.32 bits per heavy atom. The molecule has 0 saturated carbocycles. The van der Waals surface area contributed by atoms with Crippen LogP contribution >= 0.6 is 0 Å². The van der Waals surface area contributed by atoms with E-state index in [1.807, 2.05) is 54.6 Å². The van der Waals surface area contributed by atoms with Gasteiger partial charge in [0.2, 0.25) is 0 Å². The molecule has 0 aliphatic rings. The Morgan fingerprint density at radius 2 is 1.55 bits per heavy atom. The maximum atomic E-state index is 14.0. The number of benzene rings is 3. The maximum absolute atomic E-state index is 14.0. The van der Waals surface area contributed by atoms with E-state index in [0.717, 1.165) is 27.5 Å². The van der Waals surface area contributed by atoms with Crippen molar-refractivity contribution in [1.29, 1.82) is 0 Å². The van der Waals surface area contributed by atoms with Crippen molar-refractivity contribution in [2.45, 2.75) is 0 Å². The van der Waals surface area contributed by atoms with Crippen LogP contribution in [0.25, 0.3) is 27.5 Å². The van der Waals surface area contributed by atoms with Gasteiger partial charge in [-0.3, -0.25) is 0 Å². The standard InChI is InChI=1S/C18H11BFNO/c20-16-10-14-13-8-4-5-9-17(13)21(12-6-2-1-3-7-12)18(14)11-15(16)19-22/h1-11H. The second kappa shape index (κ2) is 4.91. The summed E-state index contributed by atoms with van der Waals surface area (Å²) < 4.78 is 27.2. The van der Waals surface area contributed by atoms with Crippen molar-refractivity contribution in [2.24, 2.45) is 0 Å². The quantitative estimate of drug-likeness (QED) is 0.516. The van der Waals surface area contributed by atoms with Crippen LogP contribution in [-0.2, 0) is 4.70 Å². The molecule has 1 aromatic heterocycles. The minimum atomic E-state index is -0.488. The van der Waals surface area contributed by atoms with Crippen molar-refractivity contribution in [2.75, 3.05) is 0 Å². The van der Waals surface area contributed by atoms with Gasteiger partial charge in [-0.15, -0.1) is 0 Å². The summed E-state index contributed by atoms with van der Waals surface area (Å²) in [6, 6.07) is 20.8. The van der Waals surface area contributed by atoms with Crippen LogP contribution in [0.5, 0.6) is 0 Å². The Hall–Kier alpha value is -2.75. The number of fused-ring (bicyclic) bond motifs is 3. The number of rotatable bonds is 2. The number of para-hydroxylation sites is 2. The molecule has 0 unspecified atom stereocenters. The van der Waals surface area contributed by atoms with Crippen molar-refractivity contribution in [3.8, 4) is 5.69 Å². The molecule has 4 aromatic rings. The Balaban J connectivity index is 2.23. The third-order valence-corrected chi connectivity index (χ3v) is 3.93. The fraction of sp³-hybridized carbons (Fsp3) is 0. The van der Waals surface area contributed by atoms with Crippen molar-refractivity contribution >= 4 is 34.4 Å². The fourth-order valence-electron chi connectivity index (χ4n) is 2.95. The van der Waals surface area contributed by atoms with Gasteiger partial charge in [0.05, 0.1) is 0 Å². The number of aromatic nitrogens is 1. The molecule has 1 heterocycles. The molecule has 0 atom stereocenters. The summed E-state index contributed by atoms with van der Waals surface area (Å²) >= 11 is 0. The Labute approximate surface area is 127 Å². The zero-order valence-corrected chi connectivity index (χ0v) is 11.7. The van der Waals surface area contributed by atoms with Crippen molar-refractivity contribution in [3.05, 3.63) is 72.5 Å². The molecular formula is C18H11BFNO. The van der Waals surface area contributed by atoms with E-state index >= 15 is 0 Å². The normalized spacial score (nSPS) is 11.0. The van der Waals surface area contributed by atoms with Crippen LogP contribution in [-0.4, -0.2) is 11.7 Å². The van der Waals surface area contributed by atoms with Crippen LogP contribution in [0.1, 0.15) is 0 Å². The molecule has 0 spiro atoms. The second-order valence-electron chi connectivity index (χ2n) is 5.20. The second-order valence-corrected chi connectivity index (χ2v) is 5.20. The first-order valence-electron chi connectivity index (χ1n) is 7.03. The topological polar surface area (TPSA) is 22.0 Å². The SMILES string of the molecule is O=Bc1cc2c(cc1F)c1ccccc1n2-c1ccccc1.